The number of halogens is 1. The lowest BCUT2D eigenvalue weighted by Crippen LogP contribution is -2.56. The smallest absolute Gasteiger partial charge is 0.429 e. The van der Waals surface area contributed by atoms with Gasteiger partial charge in [0.1, 0.15) is 29.5 Å². The van der Waals surface area contributed by atoms with E-state index in [2.05, 4.69) is 47.0 Å². The van der Waals surface area contributed by atoms with E-state index in [0.29, 0.717) is 48.0 Å². The highest BCUT2D eigenvalue weighted by molar-refractivity contribution is 7.93. The van der Waals surface area contributed by atoms with E-state index < -0.39 is 28.1 Å². The molecule has 2 aromatic carbocycles. The predicted molar refractivity (Wildman–Crippen MR) is 370 cm³/mol. The Balaban J connectivity index is -0.000000526. The van der Waals surface area contributed by atoms with Crippen molar-refractivity contribution in [2.75, 3.05) is 38.8 Å². The summed E-state index contributed by atoms with van der Waals surface area (Å²) < 4.78 is 40.5. The number of ketones is 1. The molecule has 3 atom stereocenters. The van der Waals surface area contributed by atoms with Gasteiger partial charge in [0.15, 0.2) is 9.84 Å². The number of nitrogens with one attached hydrogen (secondary N) is 1. The van der Waals surface area contributed by atoms with Crippen molar-refractivity contribution in [3.05, 3.63) is 99.9 Å². The molecule has 17 nitrogen and oxygen atoms in total. The summed E-state index contributed by atoms with van der Waals surface area (Å²) in [6.07, 6.45) is 16.0. The van der Waals surface area contributed by atoms with E-state index in [1.165, 1.54) is 18.9 Å². The molecular weight excluding hydrogens is 1210 g/mol. The molecule has 1 heterocycles. The lowest BCUT2D eigenvalue weighted by Gasteiger charge is -2.34. The van der Waals surface area contributed by atoms with E-state index in [1.54, 1.807) is 12.1 Å². The van der Waals surface area contributed by atoms with E-state index in [1.807, 2.05) is 123 Å². The fourth-order valence-electron chi connectivity index (χ4n) is 9.04. The van der Waals surface area contributed by atoms with Crippen molar-refractivity contribution < 1.29 is 67.0 Å². The fourth-order valence-corrected chi connectivity index (χ4v) is 12.3. The maximum Gasteiger partial charge on any atom is 0.429 e. The van der Waals surface area contributed by atoms with Gasteiger partial charge in [0.25, 0.3) is 0 Å². The zero-order valence-corrected chi connectivity index (χ0v) is 60.2. The summed E-state index contributed by atoms with van der Waals surface area (Å²) in [6, 6.07) is 20.9. The number of aldehydes is 1. The quantitative estimate of drug-likeness (QED) is 0.0107. The Morgan fingerprint density at radius 1 is 0.589 bits per heavy atom. The highest BCUT2D eigenvalue weighted by atomic mass is 35.5. The lowest BCUT2D eigenvalue weighted by molar-refractivity contribution is -0.137. The zero-order chi connectivity index (χ0) is 69.3. The van der Waals surface area contributed by atoms with Gasteiger partial charge in [-0.2, -0.15) is 0 Å². The van der Waals surface area contributed by atoms with Gasteiger partial charge in [-0.3, -0.25) is 4.79 Å². The normalized spacial score (nSPS) is 11.6. The van der Waals surface area contributed by atoms with Gasteiger partial charge in [0, 0.05) is 44.6 Å². The number of hydrogen-bond donors (Lipinski definition) is 6. The number of allylic oxidation sites excluding steroid dienone is 1. The first-order chi connectivity index (χ1) is 43.0. The number of ether oxygens (including phenoxy) is 3. The molecule has 520 valence electrons. The number of hydrogen-bond acceptors (Lipinski definition) is 16. The largest absolute Gasteiger partial charge is 0.463 e. The molecule has 7 N–H and O–H groups in total. The number of thiophene rings is 1. The van der Waals surface area contributed by atoms with E-state index in [4.69, 9.17) is 41.8 Å². The SMILES string of the molecule is CCC(=O)CC.CCC(CC)CC=O.CCC(CC)CCO.CCC(CC)[C@@H](CO)CS(=O)(=O)c1ccc(Cl)s1.CCC(CC)[C@@H](CO)N(NC(=O)OCc1ccccc1)C(=O)OCc1ccccc1.CCC(CC)[C@H](N)CO.CCOC(=O)C=C(CC)CC. The molecule has 2 amide bonds. The number of carbonyl (C=O) groups is 5. The van der Waals surface area contributed by atoms with Crippen molar-refractivity contribution in [1.82, 2.24) is 10.4 Å². The maximum absolute atomic E-state index is 12.8. The van der Waals surface area contributed by atoms with Crippen LogP contribution in [-0.2, 0) is 51.6 Å². The summed E-state index contributed by atoms with van der Waals surface area (Å²) in [5.74, 6) is 2.01. The summed E-state index contributed by atoms with van der Waals surface area (Å²) in [5, 5.41) is 37.5. The standard InChI is InChI=1S/C23H30N2O5.C12H19ClO3S2.C9H16O2.C7H17NO.C7H16O.C7H14O.C5H10O/c1-3-20(4-2)21(15-26)25(23(28)30-17-19-13-9-6-10-14-19)24-22(27)29-16-18-11-7-5-8-12-18;1-3-9(4-2)10(7-14)8-18(15,16)12-6-5-11(13)17-12;1-4-8(5-2)7-9(10)11-6-3;1-3-6(4-2)7(8)5-9;2*1-3-7(4-2)5-6-8;1-3-5(6)4-2/h5-14,20-21,26H,3-4,15-17H2,1-2H3,(H,24,27);5-6,9-10,14H,3-4,7-8H2,1-2H3;7H,4-6H2,1-3H3;6-7,9H,3-5,8H2,1-2H3;7-8H,3-6H2,1-2H3;6-7H,3-5H2,1-2H3;3-4H2,1-2H3/t21-;10-;;7-;;;/m10.1.../s1. The monoisotopic (exact) mass is 1330 g/mol. The van der Waals surface area contributed by atoms with Crippen molar-refractivity contribution in [2.45, 2.75) is 236 Å². The first-order valence-electron chi connectivity index (χ1n) is 33.0. The Bertz CT molecular complexity index is 2310. The highest BCUT2D eigenvalue weighted by Gasteiger charge is 2.32. The van der Waals surface area contributed by atoms with Gasteiger partial charge < -0.3 is 45.2 Å². The molecule has 0 aliphatic rings. The van der Waals surface area contributed by atoms with Gasteiger partial charge in [-0.15, -0.1) is 11.3 Å². The molecule has 1 aromatic heterocycles. The van der Waals surface area contributed by atoms with Crippen LogP contribution in [0.25, 0.3) is 0 Å². The minimum atomic E-state index is -3.34. The Labute approximate surface area is 553 Å². The van der Waals surface area contributed by atoms with Crippen LogP contribution in [0.1, 0.15) is 218 Å². The second-order valence-corrected chi connectivity index (χ2v) is 25.5. The maximum atomic E-state index is 12.8. The molecule has 0 bridgehead atoms. The van der Waals surface area contributed by atoms with E-state index in [-0.39, 0.29) is 72.8 Å². The van der Waals surface area contributed by atoms with Gasteiger partial charge >= 0.3 is 18.2 Å². The number of esters is 1. The number of Topliss-reactive ketones (excluding diaryl/α,β-unsaturated/α-hetero) is 1. The summed E-state index contributed by atoms with van der Waals surface area (Å²) in [7, 11) is -3.34. The molecule has 3 rings (SSSR count). The number of amides is 2. The van der Waals surface area contributed by atoms with Crippen molar-refractivity contribution in [3.63, 3.8) is 0 Å². The molecule has 20 heteroatoms. The van der Waals surface area contributed by atoms with Gasteiger partial charge in [0.05, 0.1) is 36.0 Å². The van der Waals surface area contributed by atoms with Crippen molar-refractivity contribution in [3.8, 4) is 0 Å². The first kappa shape index (κ1) is 91.7. The number of aliphatic hydroxyl groups excluding tert-OH is 4. The van der Waals surface area contributed by atoms with Gasteiger partial charge in [-0.25, -0.2) is 33.2 Å². The lowest BCUT2D eigenvalue weighted by atomic mass is 9.90. The number of aliphatic hydroxyl groups is 4. The molecule has 0 radical (unpaired) electrons. The number of benzene rings is 2. The van der Waals surface area contributed by atoms with Crippen molar-refractivity contribution >= 4 is 63.0 Å². The molecule has 0 saturated heterocycles. The molecule has 0 fully saturated rings. The van der Waals surface area contributed by atoms with Gasteiger partial charge in [0.2, 0.25) is 0 Å². The molecule has 0 aliphatic carbocycles. The number of nitrogens with two attached hydrogens (primary N) is 1. The Morgan fingerprint density at radius 2 is 1.07 bits per heavy atom. The Kier molecular flexibility index (Phi) is 61.6. The Morgan fingerprint density at radius 3 is 1.38 bits per heavy atom. The molecule has 0 spiro atoms. The summed E-state index contributed by atoms with van der Waals surface area (Å²) in [4.78, 5) is 56.1. The van der Waals surface area contributed by atoms with E-state index in [0.717, 1.165) is 122 Å². The zero-order valence-electron chi connectivity index (χ0n) is 57.8. The van der Waals surface area contributed by atoms with Crippen molar-refractivity contribution in [2.24, 2.45) is 41.2 Å². The number of carbonyl (C=O) groups excluding carboxylic acids is 5. The third-order valence-corrected chi connectivity index (χ3v) is 19.3. The van der Waals surface area contributed by atoms with Crippen LogP contribution in [0.15, 0.2) is 88.7 Å². The van der Waals surface area contributed by atoms with Gasteiger partial charge in [-0.1, -0.05) is 239 Å². The highest BCUT2D eigenvalue weighted by Crippen LogP contribution is 2.30. The van der Waals surface area contributed by atoms with Crippen LogP contribution in [0.5, 0.6) is 0 Å². The molecule has 0 unspecified atom stereocenters. The fraction of sp³-hybridized carbons (Fsp3) is 0.671. The van der Waals surface area contributed by atoms with Crippen molar-refractivity contribution in [1.29, 1.82) is 0 Å². The minimum absolute atomic E-state index is 0.00725. The second-order valence-electron chi connectivity index (χ2n) is 21.5. The number of hydrazine groups is 1. The van der Waals surface area contributed by atoms with Crippen LogP contribution in [0.3, 0.4) is 0 Å². The van der Waals surface area contributed by atoms with E-state index in [9.17, 15) is 42.6 Å². The van der Waals surface area contributed by atoms with E-state index >= 15 is 0 Å². The molecule has 0 aliphatic heterocycles. The Hall–Kier alpha value is -4.73. The third-order valence-electron chi connectivity index (χ3n) is 15.6. The average molecular weight is 1330 g/mol. The molecule has 90 heavy (non-hydrogen) atoms. The molecule has 3 aromatic rings. The molecular formula is C70H122ClN3O14S2. The number of sulfone groups is 1. The van der Waals surface area contributed by atoms with Crippen LogP contribution in [0.2, 0.25) is 4.34 Å². The third kappa shape index (κ3) is 44.7. The van der Waals surface area contributed by atoms with Crippen LogP contribution >= 0.6 is 22.9 Å². The van der Waals surface area contributed by atoms with Gasteiger partial charge in [-0.05, 0) is 85.0 Å². The molecule has 0 saturated carbocycles. The first-order valence-corrected chi connectivity index (χ1v) is 35.8. The summed E-state index contributed by atoms with van der Waals surface area (Å²) >= 11 is 6.83. The van der Waals surface area contributed by atoms with Crippen LogP contribution in [0.4, 0.5) is 9.59 Å². The second kappa shape index (κ2) is 60.5. The topological polar surface area (TPSA) is 269 Å². The van der Waals surface area contributed by atoms with Crippen LogP contribution < -0.4 is 11.2 Å². The van der Waals surface area contributed by atoms with Crippen LogP contribution in [-0.4, -0.2) is 115 Å². The predicted octanol–water partition coefficient (Wildman–Crippen LogP) is 15.7. The number of nitrogens with zero attached hydrogens (tertiary/aromatic N) is 1. The number of rotatable bonds is 34. The van der Waals surface area contributed by atoms with Crippen LogP contribution in [0, 0.1) is 35.5 Å². The minimum Gasteiger partial charge on any atom is -0.463 e. The summed E-state index contributed by atoms with van der Waals surface area (Å²) in [5.41, 5.74) is 10.8. The average Bonchev–Trinajstić information content (AvgIpc) is 2.26. The summed E-state index contributed by atoms with van der Waals surface area (Å²) in [6.45, 7) is 31.0.